The molecule has 1 aromatic rings. The molecular formula is C15H24FN3O. The summed E-state index contributed by atoms with van der Waals surface area (Å²) in [5.74, 6) is 0.500. The normalized spacial score (nSPS) is 22.8. The van der Waals surface area contributed by atoms with Crippen LogP contribution in [-0.4, -0.2) is 63.7 Å². The number of nitrogens with zero attached hydrogens (tertiary/aromatic N) is 2. The molecular weight excluding hydrogens is 257 g/mol. The summed E-state index contributed by atoms with van der Waals surface area (Å²) in [4.78, 5) is 4.63. The van der Waals surface area contributed by atoms with Gasteiger partial charge in [0.15, 0.2) is 0 Å². The van der Waals surface area contributed by atoms with Gasteiger partial charge in [0.1, 0.15) is 11.6 Å². The minimum atomic E-state index is -0.229. The third-order valence-corrected chi connectivity index (χ3v) is 4.12. The first-order chi connectivity index (χ1) is 9.56. The maximum atomic E-state index is 13.6. The van der Waals surface area contributed by atoms with Gasteiger partial charge in [-0.1, -0.05) is 0 Å². The van der Waals surface area contributed by atoms with E-state index < -0.39 is 0 Å². The van der Waals surface area contributed by atoms with Gasteiger partial charge in [-0.15, -0.1) is 0 Å². The minimum Gasteiger partial charge on any atom is -0.496 e. The predicted molar refractivity (Wildman–Crippen MR) is 78.7 cm³/mol. The van der Waals surface area contributed by atoms with E-state index in [0.29, 0.717) is 0 Å². The summed E-state index contributed by atoms with van der Waals surface area (Å²) < 4.78 is 19.0. The number of hydrogen-bond acceptors (Lipinski definition) is 4. The molecule has 0 spiro atoms. The molecule has 5 heteroatoms. The molecule has 2 unspecified atom stereocenters. The van der Waals surface area contributed by atoms with Crippen LogP contribution in [0.25, 0.3) is 0 Å². The third kappa shape index (κ3) is 3.11. The number of methoxy groups -OCH3 is 1. The largest absolute Gasteiger partial charge is 0.496 e. The minimum absolute atomic E-state index is 0.0356. The molecule has 4 nitrogen and oxygen atoms in total. The molecule has 0 radical (unpaired) electrons. The average molecular weight is 281 g/mol. The molecule has 2 rings (SSSR count). The van der Waals surface area contributed by atoms with E-state index >= 15 is 0 Å². The first-order valence-corrected chi connectivity index (χ1v) is 6.96. The molecule has 0 aromatic heterocycles. The van der Waals surface area contributed by atoms with Gasteiger partial charge in [0.05, 0.1) is 13.2 Å². The quantitative estimate of drug-likeness (QED) is 0.901. The van der Waals surface area contributed by atoms with E-state index in [9.17, 15) is 4.39 Å². The summed E-state index contributed by atoms with van der Waals surface area (Å²) in [6, 6.07) is 5.03. The second kappa shape index (κ2) is 6.52. The van der Waals surface area contributed by atoms with E-state index in [1.165, 1.54) is 6.07 Å². The highest BCUT2D eigenvalue weighted by molar-refractivity contribution is 5.37. The molecule has 2 atom stereocenters. The zero-order valence-corrected chi connectivity index (χ0v) is 12.7. The summed E-state index contributed by atoms with van der Waals surface area (Å²) in [5.41, 5.74) is 0.877. The van der Waals surface area contributed by atoms with Crippen molar-refractivity contribution in [3.63, 3.8) is 0 Å². The highest BCUT2D eigenvalue weighted by atomic mass is 19.1. The Morgan fingerprint density at radius 3 is 2.75 bits per heavy atom. The molecule has 1 aliphatic rings. The van der Waals surface area contributed by atoms with Crippen LogP contribution >= 0.6 is 0 Å². The van der Waals surface area contributed by atoms with Gasteiger partial charge in [0.2, 0.25) is 0 Å². The van der Waals surface area contributed by atoms with Crippen molar-refractivity contribution in [1.29, 1.82) is 0 Å². The van der Waals surface area contributed by atoms with Crippen molar-refractivity contribution in [2.45, 2.75) is 12.1 Å². The highest BCUT2D eigenvalue weighted by Crippen LogP contribution is 2.30. The Morgan fingerprint density at radius 1 is 1.35 bits per heavy atom. The Balaban J connectivity index is 2.33. The van der Waals surface area contributed by atoms with Gasteiger partial charge in [-0.05, 0) is 39.3 Å². The number of halogens is 1. The molecule has 20 heavy (non-hydrogen) atoms. The number of rotatable bonds is 4. The lowest BCUT2D eigenvalue weighted by Gasteiger charge is -2.42. The molecule has 1 aliphatic heterocycles. The van der Waals surface area contributed by atoms with Crippen LogP contribution in [0, 0.1) is 5.82 Å². The number of ether oxygens (including phenoxy) is 1. The van der Waals surface area contributed by atoms with Crippen molar-refractivity contribution in [3.8, 4) is 5.75 Å². The maximum absolute atomic E-state index is 13.6. The first-order valence-electron chi connectivity index (χ1n) is 6.96. The van der Waals surface area contributed by atoms with Gasteiger partial charge >= 0.3 is 0 Å². The Morgan fingerprint density at radius 2 is 2.10 bits per heavy atom. The topological polar surface area (TPSA) is 27.7 Å². The Hall–Kier alpha value is -1.17. The summed E-state index contributed by atoms with van der Waals surface area (Å²) in [7, 11) is 7.78. The number of likely N-dealkylation sites (N-methyl/N-ethyl adjacent to an activating group) is 3. The number of hydrogen-bond donors (Lipinski definition) is 1. The Bertz CT molecular complexity index is 455. The van der Waals surface area contributed by atoms with E-state index in [4.69, 9.17) is 4.74 Å². The van der Waals surface area contributed by atoms with E-state index in [-0.39, 0.29) is 17.9 Å². The second-order valence-electron chi connectivity index (χ2n) is 5.46. The Labute approximate surface area is 120 Å². The van der Waals surface area contributed by atoms with E-state index in [1.54, 1.807) is 19.2 Å². The van der Waals surface area contributed by atoms with Gasteiger partial charge in [-0.2, -0.15) is 0 Å². The van der Waals surface area contributed by atoms with Crippen molar-refractivity contribution >= 4 is 0 Å². The van der Waals surface area contributed by atoms with Crippen LogP contribution in [-0.2, 0) is 0 Å². The van der Waals surface area contributed by atoms with Crippen LogP contribution in [0.2, 0.25) is 0 Å². The number of piperazine rings is 1. The molecule has 1 saturated heterocycles. The number of benzene rings is 1. The third-order valence-electron chi connectivity index (χ3n) is 4.12. The highest BCUT2D eigenvalue weighted by Gasteiger charge is 2.31. The van der Waals surface area contributed by atoms with Crippen LogP contribution in [0.5, 0.6) is 5.75 Å². The van der Waals surface area contributed by atoms with Crippen molar-refractivity contribution in [2.75, 3.05) is 47.9 Å². The fourth-order valence-corrected chi connectivity index (χ4v) is 2.91. The molecule has 1 N–H and O–H groups in total. The van der Waals surface area contributed by atoms with Crippen molar-refractivity contribution in [1.82, 2.24) is 15.1 Å². The van der Waals surface area contributed by atoms with Crippen molar-refractivity contribution in [2.24, 2.45) is 0 Å². The van der Waals surface area contributed by atoms with Crippen LogP contribution < -0.4 is 10.1 Å². The van der Waals surface area contributed by atoms with Crippen LogP contribution in [0.15, 0.2) is 18.2 Å². The van der Waals surface area contributed by atoms with Crippen LogP contribution in [0.3, 0.4) is 0 Å². The summed E-state index contributed by atoms with van der Waals surface area (Å²) >= 11 is 0. The summed E-state index contributed by atoms with van der Waals surface area (Å²) in [6.45, 7) is 3.02. The summed E-state index contributed by atoms with van der Waals surface area (Å²) in [6.07, 6.45) is 0. The SMILES string of the molecule is CNC(c1cc(F)ccc1OC)C1CN(C)CCN1C. The Kier molecular flexibility index (Phi) is 4.96. The molecule has 112 valence electrons. The predicted octanol–water partition coefficient (Wildman–Crippen LogP) is 1.34. The lowest BCUT2D eigenvalue weighted by Crippen LogP contribution is -2.54. The van der Waals surface area contributed by atoms with Crippen molar-refractivity contribution < 1.29 is 9.13 Å². The smallest absolute Gasteiger partial charge is 0.123 e. The van der Waals surface area contributed by atoms with Crippen LogP contribution in [0.1, 0.15) is 11.6 Å². The van der Waals surface area contributed by atoms with Gasteiger partial charge in [-0.3, -0.25) is 4.90 Å². The molecule has 0 saturated carbocycles. The molecule has 1 heterocycles. The monoisotopic (exact) mass is 281 g/mol. The van der Waals surface area contributed by atoms with Gasteiger partial charge in [-0.25, -0.2) is 4.39 Å². The standard InChI is InChI=1S/C15H24FN3O/c1-17-15(13-10-18(2)7-8-19(13)3)12-9-11(16)5-6-14(12)20-4/h5-6,9,13,15,17H,7-8,10H2,1-4H3. The van der Waals surface area contributed by atoms with Gasteiger partial charge in [0, 0.05) is 31.2 Å². The lowest BCUT2D eigenvalue weighted by atomic mass is 9.95. The van der Waals surface area contributed by atoms with Crippen molar-refractivity contribution in [3.05, 3.63) is 29.6 Å². The van der Waals surface area contributed by atoms with Crippen LogP contribution in [0.4, 0.5) is 4.39 Å². The maximum Gasteiger partial charge on any atom is 0.123 e. The zero-order chi connectivity index (χ0) is 14.7. The average Bonchev–Trinajstić information content (AvgIpc) is 2.44. The van der Waals surface area contributed by atoms with E-state index in [1.807, 2.05) is 7.05 Å². The first kappa shape index (κ1) is 15.2. The second-order valence-corrected chi connectivity index (χ2v) is 5.46. The van der Waals surface area contributed by atoms with E-state index in [0.717, 1.165) is 30.9 Å². The summed E-state index contributed by atoms with van der Waals surface area (Å²) in [5, 5.41) is 3.33. The lowest BCUT2D eigenvalue weighted by molar-refractivity contribution is 0.0889. The molecule has 0 amide bonds. The molecule has 0 bridgehead atoms. The fourth-order valence-electron chi connectivity index (χ4n) is 2.91. The zero-order valence-electron chi connectivity index (χ0n) is 12.7. The molecule has 0 aliphatic carbocycles. The molecule has 1 fully saturated rings. The van der Waals surface area contributed by atoms with Gasteiger partial charge < -0.3 is 15.0 Å². The number of nitrogens with one attached hydrogen (secondary N) is 1. The van der Waals surface area contributed by atoms with E-state index in [2.05, 4.69) is 29.2 Å². The fraction of sp³-hybridized carbons (Fsp3) is 0.600. The molecule has 1 aromatic carbocycles. The van der Waals surface area contributed by atoms with Gasteiger partial charge in [0.25, 0.3) is 0 Å².